The first-order chi connectivity index (χ1) is 17.7. The third-order valence-corrected chi connectivity index (χ3v) is 7.75. The zero-order valence-electron chi connectivity index (χ0n) is 19.8. The van der Waals surface area contributed by atoms with Crippen LogP contribution in [0, 0.1) is 5.82 Å². The summed E-state index contributed by atoms with van der Waals surface area (Å²) >= 11 is 0. The number of rotatable bonds is 7. The molecule has 1 aromatic heterocycles. The summed E-state index contributed by atoms with van der Waals surface area (Å²) in [4.78, 5) is 41.4. The van der Waals surface area contributed by atoms with Crippen LogP contribution in [0.15, 0.2) is 76.2 Å². The quantitative estimate of drug-likeness (QED) is 0.464. The first-order valence-corrected chi connectivity index (χ1v) is 12.8. The molecule has 1 saturated heterocycles. The van der Waals surface area contributed by atoms with E-state index in [9.17, 15) is 27.2 Å². The van der Waals surface area contributed by atoms with Gasteiger partial charge in [-0.1, -0.05) is 6.07 Å². The number of halogens is 1. The fourth-order valence-electron chi connectivity index (χ4n) is 3.86. The summed E-state index contributed by atoms with van der Waals surface area (Å²) in [6.07, 6.45) is 1.23. The van der Waals surface area contributed by atoms with E-state index in [-0.39, 0.29) is 42.7 Å². The predicted octanol–water partition coefficient (Wildman–Crippen LogP) is 1.94. The Balaban J connectivity index is 1.52. The van der Waals surface area contributed by atoms with Gasteiger partial charge in [0.15, 0.2) is 5.76 Å². The Bertz CT molecular complexity index is 1380. The molecule has 10 nitrogen and oxygen atoms in total. The fraction of sp³-hybridized carbons (Fsp3) is 0.240. The van der Waals surface area contributed by atoms with Gasteiger partial charge < -0.3 is 24.3 Å². The Morgan fingerprint density at radius 1 is 0.973 bits per heavy atom. The minimum Gasteiger partial charge on any atom is -0.497 e. The van der Waals surface area contributed by atoms with E-state index in [0.717, 1.165) is 24.3 Å². The first-order valence-electron chi connectivity index (χ1n) is 11.3. The van der Waals surface area contributed by atoms with Gasteiger partial charge in [-0.15, -0.1) is 0 Å². The topological polar surface area (TPSA) is 126 Å². The van der Waals surface area contributed by atoms with Crippen LogP contribution in [-0.2, 0) is 14.6 Å². The van der Waals surface area contributed by atoms with Crippen molar-refractivity contribution >= 4 is 27.6 Å². The molecule has 0 saturated carbocycles. The lowest BCUT2D eigenvalue weighted by atomic mass is 10.1. The van der Waals surface area contributed by atoms with Crippen LogP contribution in [0.2, 0.25) is 0 Å². The number of methoxy groups -OCH3 is 1. The molecule has 37 heavy (non-hydrogen) atoms. The number of ether oxygens (including phenoxy) is 1. The summed E-state index contributed by atoms with van der Waals surface area (Å²) in [5.41, 5.74) is 0.418. The van der Waals surface area contributed by atoms with Crippen LogP contribution >= 0.6 is 0 Å². The van der Waals surface area contributed by atoms with E-state index < -0.39 is 32.8 Å². The molecule has 3 amide bonds. The molecular weight excluding hydrogens is 505 g/mol. The van der Waals surface area contributed by atoms with Crippen LogP contribution in [0.4, 0.5) is 4.39 Å². The molecule has 2 aromatic carbocycles. The van der Waals surface area contributed by atoms with Crippen molar-refractivity contribution in [1.82, 2.24) is 15.1 Å². The van der Waals surface area contributed by atoms with Crippen LogP contribution in [0.1, 0.15) is 20.9 Å². The van der Waals surface area contributed by atoms with Crippen molar-refractivity contribution in [1.29, 1.82) is 0 Å². The van der Waals surface area contributed by atoms with Gasteiger partial charge >= 0.3 is 0 Å². The monoisotopic (exact) mass is 529 g/mol. The number of carbonyl (C=O) groups excluding carboxylic acids is 3. The third kappa shape index (κ3) is 5.64. The maximum atomic E-state index is 13.4. The van der Waals surface area contributed by atoms with E-state index in [1.807, 2.05) is 0 Å². The van der Waals surface area contributed by atoms with Crippen LogP contribution in [0.3, 0.4) is 0 Å². The molecule has 0 spiro atoms. The van der Waals surface area contributed by atoms with Gasteiger partial charge in [-0.2, -0.15) is 0 Å². The number of carbonyl (C=O) groups is 3. The van der Waals surface area contributed by atoms with E-state index in [1.165, 1.54) is 30.4 Å². The number of hydrogen-bond acceptors (Lipinski definition) is 7. The molecule has 0 unspecified atom stereocenters. The maximum absolute atomic E-state index is 13.4. The average Bonchev–Trinajstić information content (AvgIpc) is 3.46. The normalized spacial score (nSPS) is 14.6. The lowest BCUT2D eigenvalue weighted by molar-refractivity contribution is -0.132. The Morgan fingerprint density at radius 2 is 1.65 bits per heavy atom. The molecule has 1 fully saturated rings. The van der Waals surface area contributed by atoms with Crippen molar-refractivity contribution in [2.45, 2.75) is 10.3 Å². The van der Waals surface area contributed by atoms with Gasteiger partial charge in [-0.25, -0.2) is 12.8 Å². The second kappa shape index (κ2) is 10.8. The highest BCUT2D eigenvalue weighted by Crippen LogP contribution is 2.20. The van der Waals surface area contributed by atoms with Crippen molar-refractivity contribution in [2.75, 3.05) is 33.3 Å². The number of nitrogens with zero attached hydrogens (tertiary/aromatic N) is 2. The summed E-state index contributed by atoms with van der Waals surface area (Å²) in [6.45, 7) is 0.385. The smallest absolute Gasteiger partial charge is 0.288 e. The first kappa shape index (κ1) is 25.9. The van der Waals surface area contributed by atoms with Crippen molar-refractivity contribution in [3.05, 3.63) is 84.1 Å². The second-order valence-corrected chi connectivity index (χ2v) is 10.2. The average molecular weight is 530 g/mol. The molecule has 1 aliphatic rings. The Morgan fingerprint density at radius 3 is 2.27 bits per heavy atom. The van der Waals surface area contributed by atoms with E-state index in [0.29, 0.717) is 11.3 Å². The van der Waals surface area contributed by atoms with Gasteiger partial charge in [-0.05, 0) is 54.6 Å². The van der Waals surface area contributed by atoms with E-state index in [1.54, 1.807) is 29.2 Å². The standard InChI is InChI=1S/C25H24FN3O7S/c1-35-19-5-2-4-17(16-19)24(31)28-11-13-29(14-12-28)25(32)23(27-22(30)21-6-3-15-36-21)37(33,34)20-9-7-18(26)8-10-20/h2-10,15-16,23H,11-14H2,1H3,(H,27,30)/t23-/m0/s1. The minimum absolute atomic E-state index is 0.0423. The number of sulfone groups is 1. The number of piperazine rings is 1. The minimum atomic E-state index is -4.46. The Kier molecular flexibility index (Phi) is 7.58. The molecule has 1 N–H and O–H groups in total. The molecule has 194 valence electrons. The molecule has 0 aliphatic carbocycles. The highest BCUT2D eigenvalue weighted by molar-refractivity contribution is 7.92. The number of furan rings is 1. The van der Waals surface area contributed by atoms with E-state index in [2.05, 4.69) is 5.32 Å². The fourth-order valence-corrected chi connectivity index (χ4v) is 5.33. The molecule has 12 heteroatoms. The summed E-state index contributed by atoms with van der Waals surface area (Å²) in [7, 11) is -2.96. The Hall–Kier alpha value is -4.19. The summed E-state index contributed by atoms with van der Waals surface area (Å²) in [5, 5.41) is 0.253. The molecule has 0 bridgehead atoms. The van der Waals surface area contributed by atoms with Crippen molar-refractivity contribution in [3.8, 4) is 5.75 Å². The molecule has 1 atom stereocenters. The molecule has 2 heterocycles. The molecule has 0 radical (unpaired) electrons. The summed E-state index contributed by atoms with van der Waals surface area (Å²) in [5.74, 6) is -2.34. The number of amides is 3. The largest absolute Gasteiger partial charge is 0.497 e. The predicted molar refractivity (Wildman–Crippen MR) is 129 cm³/mol. The van der Waals surface area contributed by atoms with E-state index >= 15 is 0 Å². The van der Waals surface area contributed by atoms with Crippen molar-refractivity contribution < 1.29 is 36.3 Å². The molecule has 1 aliphatic heterocycles. The van der Waals surface area contributed by atoms with Gasteiger partial charge in [-0.3, -0.25) is 14.4 Å². The zero-order valence-corrected chi connectivity index (χ0v) is 20.6. The second-order valence-electron chi connectivity index (χ2n) is 8.18. The highest BCUT2D eigenvalue weighted by atomic mass is 32.2. The lowest BCUT2D eigenvalue weighted by Gasteiger charge is -2.36. The van der Waals surface area contributed by atoms with Crippen LogP contribution < -0.4 is 10.1 Å². The number of nitrogens with one attached hydrogen (secondary N) is 1. The molecular formula is C25H24FN3O7S. The van der Waals surface area contributed by atoms with E-state index in [4.69, 9.17) is 9.15 Å². The molecule has 4 rings (SSSR count). The Labute approximate surface area is 212 Å². The van der Waals surface area contributed by atoms with Crippen LogP contribution in [-0.4, -0.2) is 74.6 Å². The summed E-state index contributed by atoms with van der Waals surface area (Å²) < 4.78 is 50.3. The lowest BCUT2D eigenvalue weighted by Crippen LogP contribution is -2.57. The van der Waals surface area contributed by atoms with Gasteiger partial charge in [0.2, 0.25) is 15.2 Å². The zero-order chi connectivity index (χ0) is 26.6. The van der Waals surface area contributed by atoms with Crippen LogP contribution in [0.25, 0.3) is 0 Å². The van der Waals surface area contributed by atoms with Gasteiger partial charge in [0.05, 0.1) is 18.3 Å². The van der Waals surface area contributed by atoms with Crippen molar-refractivity contribution in [3.63, 3.8) is 0 Å². The van der Waals surface area contributed by atoms with Gasteiger partial charge in [0, 0.05) is 31.7 Å². The number of hydrogen-bond donors (Lipinski definition) is 1. The highest BCUT2D eigenvalue weighted by Gasteiger charge is 2.40. The summed E-state index contributed by atoms with van der Waals surface area (Å²) in [6, 6.07) is 13.4. The maximum Gasteiger partial charge on any atom is 0.288 e. The SMILES string of the molecule is COc1cccc(C(=O)N2CCN(C(=O)[C@@H](NC(=O)c3ccco3)S(=O)(=O)c3ccc(F)cc3)CC2)c1. The van der Waals surface area contributed by atoms with Gasteiger partial charge in [0.1, 0.15) is 11.6 Å². The van der Waals surface area contributed by atoms with Crippen LogP contribution in [0.5, 0.6) is 5.75 Å². The third-order valence-electron chi connectivity index (χ3n) is 5.88. The van der Waals surface area contributed by atoms with Crippen molar-refractivity contribution in [2.24, 2.45) is 0 Å². The molecule has 3 aromatic rings. The number of benzene rings is 2. The van der Waals surface area contributed by atoms with Gasteiger partial charge in [0.25, 0.3) is 17.7 Å².